The Morgan fingerprint density at radius 3 is 2.59 bits per heavy atom. The van der Waals surface area contributed by atoms with Crippen LogP contribution in [0, 0.1) is 0 Å². The SMILES string of the molecule is CS(=O)CCCNS(=O)(=O)c1ccccc1Br. The lowest BCUT2D eigenvalue weighted by Crippen LogP contribution is -2.26. The topological polar surface area (TPSA) is 63.2 Å². The van der Waals surface area contributed by atoms with Gasteiger partial charge in [0.05, 0.1) is 4.90 Å². The number of nitrogens with one attached hydrogen (secondary N) is 1. The third-order valence-electron chi connectivity index (χ3n) is 2.03. The maximum absolute atomic E-state index is 11.9. The molecule has 0 aromatic heterocycles. The third kappa shape index (κ3) is 4.87. The molecule has 1 rings (SSSR count). The van der Waals surface area contributed by atoms with E-state index in [2.05, 4.69) is 20.7 Å². The fourth-order valence-electron chi connectivity index (χ4n) is 1.22. The monoisotopic (exact) mass is 339 g/mol. The van der Waals surface area contributed by atoms with E-state index in [0.29, 0.717) is 23.2 Å². The summed E-state index contributed by atoms with van der Waals surface area (Å²) in [7, 11) is -4.37. The van der Waals surface area contributed by atoms with Crippen LogP contribution in [0.25, 0.3) is 0 Å². The molecule has 1 unspecified atom stereocenters. The zero-order valence-corrected chi connectivity index (χ0v) is 12.6. The molecule has 1 aromatic carbocycles. The Morgan fingerprint density at radius 2 is 2.00 bits per heavy atom. The fraction of sp³-hybridized carbons (Fsp3) is 0.400. The number of rotatable bonds is 6. The standard InChI is InChI=1S/C10H14BrNO3S2/c1-16(13)8-4-7-12-17(14,15)10-6-3-2-5-9(10)11/h2-3,5-6,12H,4,7-8H2,1H3. The van der Waals surface area contributed by atoms with Crippen LogP contribution >= 0.6 is 15.9 Å². The smallest absolute Gasteiger partial charge is 0.241 e. The van der Waals surface area contributed by atoms with E-state index in [0.717, 1.165) is 0 Å². The summed E-state index contributed by atoms with van der Waals surface area (Å²) < 4.78 is 37.6. The Bertz CT molecular complexity index is 502. The summed E-state index contributed by atoms with van der Waals surface area (Å²) in [5.41, 5.74) is 0. The molecule has 0 spiro atoms. The van der Waals surface area contributed by atoms with Crippen molar-refractivity contribution in [2.45, 2.75) is 11.3 Å². The third-order valence-corrected chi connectivity index (χ3v) is 5.36. The van der Waals surface area contributed by atoms with Crippen LogP contribution in [-0.2, 0) is 20.8 Å². The molecule has 1 N–H and O–H groups in total. The average Bonchev–Trinajstić information content (AvgIpc) is 2.24. The first-order valence-corrected chi connectivity index (χ1v) is 8.98. The van der Waals surface area contributed by atoms with Gasteiger partial charge in [-0.2, -0.15) is 0 Å². The second-order valence-corrected chi connectivity index (χ2v) is 7.60. The molecule has 1 atom stereocenters. The van der Waals surface area contributed by atoms with E-state index in [-0.39, 0.29) is 4.90 Å². The molecular weight excluding hydrogens is 326 g/mol. The normalized spacial score (nSPS) is 13.5. The highest BCUT2D eigenvalue weighted by molar-refractivity contribution is 9.10. The molecule has 7 heteroatoms. The van der Waals surface area contributed by atoms with Gasteiger partial charge in [-0.05, 0) is 34.5 Å². The lowest BCUT2D eigenvalue weighted by atomic mass is 10.4. The van der Waals surface area contributed by atoms with Crippen molar-refractivity contribution in [3.63, 3.8) is 0 Å². The van der Waals surface area contributed by atoms with Gasteiger partial charge in [0.2, 0.25) is 10.0 Å². The van der Waals surface area contributed by atoms with E-state index >= 15 is 0 Å². The van der Waals surface area contributed by atoms with Crippen molar-refractivity contribution in [3.8, 4) is 0 Å². The van der Waals surface area contributed by atoms with Gasteiger partial charge >= 0.3 is 0 Å². The first kappa shape index (κ1) is 14.8. The molecule has 0 aliphatic heterocycles. The van der Waals surface area contributed by atoms with E-state index in [4.69, 9.17) is 0 Å². The maximum Gasteiger partial charge on any atom is 0.241 e. The van der Waals surface area contributed by atoms with Gasteiger partial charge in [-0.15, -0.1) is 0 Å². The highest BCUT2D eigenvalue weighted by atomic mass is 79.9. The Kier molecular flexibility index (Phi) is 5.78. The Hall–Kier alpha value is -0.240. The van der Waals surface area contributed by atoms with Crippen LogP contribution in [0.5, 0.6) is 0 Å². The molecule has 0 radical (unpaired) electrons. The number of hydrogen-bond acceptors (Lipinski definition) is 3. The zero-order chi connectivity index (χ0) is 12.9. The average molecular weight is 340 g/mol. The predicted molar refractivity (Wildman–Crippen MR) is 72.9 cm³/mol. The van der Waals surface area contributed by atoms with Crippen LogP contribution in [0.15, 0.2) is 33.6 Å². The zero-order valence-electron chi connectivity index (χ0n) is 9.35. The second kappa shape index (κ2) is 6.63. The quantitative estimate of drug-likeness (QED) is 0.798. The van der Waals surface area contributed by atoms with Gasteiger partial charge in [-0.3, -0.25) is 4.21 Å². The first-order valence-electron chi connectivity index (χ1n) is 4.98. The van der Waals surface area contributed by atoms with Crippen molar-refractivity contribution in [1.82, 2.24) is 4.72 Å². The van der Waals surface area contributed by atoms with Crippen molar-refractivity contribution in [2.75, 3.05) is 18.6 Å². The largest absolute Gasteiger partial charge is 0.260 e. The number of halogens is 1. The minimum Gasteiger partial charge on any atom is -0.260 e. The molecule has 0 amide bonds. The molecule has 0 saturated carbocycles. The van der Waals surface area contributed by atoms with Crippen LogP contribution in [-0.4, -0.2) is 31.2 Å². The molecule has 0 aliphatic carbocycles. The Morgan fingerprint density at radius 1 is 1.35 bits per heavy atom. The molecule has 0 aliphatic rings. The van der Waals surface area contributed by atoms with Crippen LogP contribution in [0.3, 0.4) is 0 Å². The van der Waals surface area contributed by atoms with E-state index < -0.39 is 20.8 Å². The molecule has 0 bridgehead atoms. The van der Waals surface area contributed by atoms with Crippen molar-refractivity contribution in [2.24, 2.45) is 0 Å². The molecule has 1 aromatic rings. The molecule has 0 fully saturated rings. The molecule has 96 valence electrons. The van der Waals surface area contributed by atoms with Crippen molar-refractivity contribution in [3.05, 3.63) is 28.7 Å². The summed E-state index contributed by atoms with van der Waals surface area (Å²) in [5, 5.41) is 0. The van der Waals surface area contributed by atoms with E-state index in [9.17, 15) is 12.6 Å². The summed E-state index contributed by atoms with van der Waals surface area (Å²) in [6.07, 6.45) is 2.16. The van der Waals surface area contributed by atoms with Crippen molar-refractivity contribution >= 4 is 36.8 Å². The highest BCUT2D eigenvalue weighted by Crippen LogP contribution is 2.20. The summed E-state index contributed by atoms with van der Waals surface area (Å²) in [6, 6.07) is 6.63. The number of hydrogen-bond donors (Lipinski definition) is 1. The second-order valence-electron chi connectivity index (χ2n) is 3.46. The maximum atomic E-state index is 11.9. The summed E-state index contributed by atoms with van der Waals surface area (Å²) in [6.45, 7) is 0.295. The van der Waals surface area contributed by atoms with Crippen LogP contribution in [0.2, 0.25) is 0 Å². The molecule has 0 heterocycles. The Labute approximate surface area is 112 Å². The lowest BCUT2D eigenvalue weighted by molar-refractivity contribution is 0.580. The summed E-state index contributed by atoms with van der Waals surface area (Å²) in [4.78, 5) is 0.220. The van der Waals surface area contributed by atoms with Crippen molar-refractivity contribution in [1.29, 1.82) is 0 Å². The van der Waals surface area contributed by atoms with E-state index in [1.165, 1.54) is 6.07 Å². The lowest BCUT2D eigenvalue weighted by Gasteiger charge is -2.07. The van der Waals surface area contributed by atoms with Gasteiger partial charge in [0.15, 0.2) is 0 Å². The van der Waals surface area contributed by atoms with Gasteiger partial charge in [0.1, 0.15) is 0 Å². The number of sulfonamides is 1. The van der Waals surface area contributed by atoms with Crippen molar-refractivity contribution < 1.29 is 12.6 Å². The molecule has 0 saturated heterocycles. The van der Waals surface area contributed by atoms with E-state index in [1.807, 2.05) is 0 Å². The Balaban J connectivity index is 2.64. The minimum atomic E-state index is -3.48. The molecule has 4 nitrogen and oxygen atoms in total. The fourth-order valence-corrected chi connectivity index (χ4v) is 3.85. The minimum absolute atomic E-state index is 0.220. The van der Waals surface area contributed by atoms with Gasteiger partial charge in [0.25, 0.3) is 0 Å². The van der Waals surface area contributed by atoms with Crippen LogP contribution in [0.1, 0.15) is 6.42 Å². The predicted octanol–water partition coefficient (Wildman–Crippen LogP) is 1.50. The molecular formula is C10H14BrNO3S2. The molecule has 17 heavy (non-hydrogen) atoms. The summed E-state index contributed by atoms with van der Waals surface area (Å²) >= 11 is 3.20. The van der Waals surface area contributed by atoms with Gasteiger partial charge < -0.3 is 0 Å². The van der Waals surface area contributed by atoms with E-state index in [1.54, 1.807) is 24.5 Å². The number of benzene rings is 1. The van der Waals surface area contributed by atoms with Gasteiger partial charge in [0, 0.05) is 33.8 Å². The summed E-state index contributed by atoms with van der Waals surface area (Å²) in [5.74, 6) is 0.498. The first-order chi connectivity index (χ1) is 7.93. The van der Waals surface area contributed by atoms with Crippen LogP contribution in [0.4, 0.5) is 0 Å². The van der Waals surface area contributed by atoms with Gasteiger partial charge in [-0.25, -0.2) is 13.1 Å². The van der Waals surface area contributed by atoms with Gasteiger partial charge in [-0.1, -0.05) is 12.1 Å². The highest BCUT2D eigenvalue weighted by Gasteiger charge is 2.15. The van der Waals surface area contributed by atoms with Crippen LogP contribution < -0.4 is 4.72 Å².